The first kappa shape index (κ1) is 23.9. The fraction of sp³-hybridized carbons (Fsp3) is 0.600. The Labute approximate surface area is 183 Å². The minimum Gasteiger partial charge on any atom is -0.475 e. The molecule has 2 fully saturated rings. The van der Waals surface area contributed by atoms with E-state index in [1.807, 2.05) is 32.3 Å². The zero-order valence-electron chi connectivity index (χ0n) is 17.9. The Morgan fingerprint density at radius 3 is 2.53 bits per heavy atom. The van der Waals surface area contributed by atoms with E-state index >= 15 is 0 Å². The largest absolute Gasteiger partial charge is 0.490 e. The second kappa shape index (κ2) is 9.82. The number of carbonyl (C=O) groups is 1. The van der Waals surface area contributed by atoms with Crippen molar-refractivity contribution >= 4 is 11.9 Å². The number of aromatic nitrogens is 3. The van der Waals surface area contributed by atoms with Gasteiger partial charge in [-0.15, -0.1) is 0 Å². The van der Waals surface area contributed by atoms with Crippen molar-refractivity contribution in [3.8, 4) is 0 Å². The lowest BCUT2D eigenvalue weighted by molar-refractivity contribution is -0.192. The van der Waals surface area contributed by atoms with Gasteiger partial charge in [0.1, 0.15) is 5.76 Å². The number of ether oxygens (including phenoxy) is 1. The van der Waals surface area contributed by atoms with Crippen LogP contribution in [0, 0.1) is 19.8 Å². The third-order valence-electron chi connectivity index (χ3n) is 5.44. The number of carboxylic acids is 1. The van der Waals surface area contributed by atoms with E-state index in [9.17, 15) is 13.2 Å². The molecule has 0 aromatic carbocycles. The summed E-state index contributed by atoms with van der Waals surface area (Å²) in [4.78, 5) is 19.9. The second-order valence-electron chi connectivity index (χ2n) is 8.08. The third kappa shape index (κ3) is 6.16. The number of halogens is 3. The van der Waals surface area contributed by atoms with Crippen molar-refractivity contribution in [1.82, 2.24) is 20.0 Å². The van der Waals surface area contributed by atoms with Crippen LogP contribution in [-0.2, 0) is 16.1 Å². The molecule has 2 aromatic rings. The standard InChI is InChI=1S/C18H25N5O2.C2HF3O2/c1-13-8-20-17(21-9-13)19-5-3-15-4-6-24-18(15)11-23(12-18)10-16-7-14(2)25-22-16;3-2(4,5)1(6)7/h7-9,15H,3-6,10-12H2,1-2H3,(H,19,20,21);(H,6,7). The van der Waals surface area contributed by atoms with E-state index in [4.69, 9.17) is 19.2 Å². The summed E-state index contributed by atoms with van der Waals surface area (Å²) in [7, 11) is 0. The summed E-state index contributed by atoms with van der Waals surface area (Å²) in [6.07, 6.45) is 0.803. The summed E-state index contributed by atoms with van der Waals surface area (Å²) < 4.78 is 43.0. The summed E-state index contributed by atoms with van der Waals surface area (Å²) in [5.41, 5.74) is 2.10. The molecule has 2 N–H and O–H groups in total. The van der Waals surface area contributed by atoms with E-state index in [0.717, 1.165) is 62.6 Å². The van der Waals surface area contributed by atoms with Gasteiger partial charge in [0.15, 0.2) is 0 Å². The molecule has 0 bridgehead atoms. The average Bonchev–Trinajstić information content (AvgIpc) is 3.29. The van der Waals surface area contributed by atoms with Crippen LogP contribution in [0.4, 0.5) is 19.1 Å². The fourth-order valence-corrected chi connectivity index (χ4v) is 3.93. The number of likely N-dealkylation sites (tertiary alicyclic amines) is 1. The molecule has 2 aromatic heterocycles. The molecule has 0 saturated carbocycles. The van der Waals surface area contributed by atoms with Gasteiger partial charge in [0, 0.05) is 51.2 Å². The zero-order valence-corrected chi connectivity index (χ0v) is 17.9. The Morgan fingerprint density at radius 1 is 1.31 bits per heavy atom. The van der Waals surface area contributed by atoms with Crippen LogP contribution >= 0.6 is 0 Å². The monoisotopic (exact) mass is 457 g/mol. The Morgan fingerprint density at radius 2 is 1.97 bits per heavy atom. The van der Waals surface area contributed by atoms with Gasteiger partial charge in [0.2, 0.25) is 5.95 Å². The van der Waals surface area contributed by atoms with E-state index in [0.29, 0.717) is 11.9 Å². The van der Waals surface area contributed by atoms with Crippen LogP contribution < -0.4 is 5.32 Å². The number of hydrogen-bond acceptors (Lipinski definition) is 8. The summed E-state index contributed by atoms with van der Waals surface area (Å²) in [6.45, 7) is 8.45. The highest BCUT2D eigenvalue weighted by atomic mass is 19.4. The molecule has 9 nitrogen and oxygen atoms in total. The predicted octanol–water partition coefficient (Wildman–Crippen LogP) is 2.81. The summed E-state index contributed by atoms with van der Waals surface area (Å²) in [6, 6.07) is 2.00. The molecule has 32 heavy (non-hydrogen) atoms. The SMILES string of the molecule is Cc1cnc(NCCC2CCOC23CN(Cc2cc(C)on2)C3)nc1.O=C(O)C(F)(F)F. The maximum atomic E-state index is 10.6. The van der Waals surface area contributed by atoms with Crippen LogP contribution in [0.1, 0.15) is 29.9 Å². The number of carboxylic acid groups (broad SMARTS) is 1. The molecular weight excluding hydrogens is 431 g/mol. The Hall–Kier alpha value is -2.73. The molecular formula is C20H26F3N5O4. The van der Waals surface area contributed by atoms with Gasteiger partial charge in [0.05, 0.1) is 11.3 Å². The summed E-state index contributed by atoms with van der Waals surface area (Å²) in [5.74, 6) is -0.604. The normalized spacial score (nSPS) is 19.8. The molecule has 1 spiro atoms. The van der Waals surface area contributed by atoms with Crippen molar-refractivity contribution in [2.24, 2.45) is 5.92 Å². The van der Waals surface area contributed by atoms with Crippen LogP contribution in [0.3, 0.4) is 0 Å². The van der Waals surface area contributed by atoms with E-state index in [-0.39, 0.29) is 5.60 Å². The number of aliphatic carboxylic acids is 1. The van der Waals surface area contributed by atoms with Crippen molar-refractivity contribution in [2.75, 3.05) is 31.6 Å². The van der Waals surface area contributed by atoms with Crippen LogP contribution in [0.15, 0.2) is 23.0 Å². The number of nitrogens with zero attached hydrogens (tertiary/aromatic N) is 4. The maximum absolute atomic E-state index is 10.6. The van der Waals surface area contributed by atoms with Gasteiger partial charge in [-0.1, -0.05) is 5.16 Å². The molecule has 2 aliphatic heterocycles. The number of hydrogen-bond donors (Lipinski definition) is 2. The van der Waals surface area contributed by atoms with Crippen LogP contribution in [0.5, 0.6) is 0 Å². The van der Waals surface area contributed by atoms with Gasteiger partial charge < -0.3 is 19.7 Å². The van der Waals surface area contributed by atoms with Gasteiger partial charge in [0.25, 0.3) is 0 Å². The van der Waals surface area contributed by atoms with Crippen molar-refractivity contribution in [1.29, 1.82) is 0 Å². The molecule has 1 atom stereocenters. The minimum atomic E-state index is -5.08. The number of alkyl halides is 3. The van der Waals surface area contributed by atoms with Gasteiger partial charge >= 0.3 is 12.1 Å². The number of aryl methyl sites for hydroxylation is 2. The van der Waals surface area contributed by atoms with Gasteiger partial charge in [-0.2, -0.15) is 13.2 Å². The number of rotatable bonds is 6. The summed E-state index contributed by atoms with van der Waals surface area (Å²) in [5, 5.41) is 14.5. The molecule has 1 unspecified atom stereocenters. The van der Waals surface area contributed by atoms with Crippen molar-refractivity contribution in [2.45, 2.75) is 45.0 Å². The van der Waals surface area contributed by atoms with Crippen LogP contribution in [0.25, 0.3) is 0 Å². The lowest BCUT2D eigenvalue weighted by atomic mass is 9.79. The smallest absolute Gasteiger partial charge is 0.475 e. The Balaban J connectivity index is 0.000000360. The molecule has 4 rings (SSSR count). The molecule has 0 aliphatic carbocycles. The first-order chi connectivity index (χ1) is 15.1. The minimum absolute atomic E-state index is 0.0224. The third-order valence-corrected chi connectivity index (χ3v) is 5.44. The van der Waals surface area contributed by atoms with Gasteiger partial charge in [-0.25, -0.2) is 14.8 Å². The lowest BCUT2D eigenvalue weighted by Crippen LogP contribution is -2.64. The molecule has 4 heterocycles. The van der Waals surface area contributed by atoms with Crippen molar-refractivity contribution in [3.63, 3.8) is 0 Å². The van der Waals surface area contributed by atoms with E-state index in [1.165, 1.54) is 0 Å². The Kier molecular flexibility index (Phi) is 7.34. The van der Waals surface area contributed by atoms with E-state index in [1.54, 1.807) is 0 Å². The van der Waals surface area contributed by atoms with Crippen LogP contribution in [-0.4, -0.2) is 69.1 Å². The average molecular weight is 457 g/mol. The Bertz CT molecular complexity index is 897. The van der Waals surface area contributed by atoms with Crippen LogP contribution in [0.2, 0.25) is 0 Å². The topological polar surface area (TPSA) is 114 Å². The van der Waals surface area contributed by atoms with E-state index < -0.39 is 12.1 Å². The second-order valence-corrected chi connectivity index (χ2v) is 8.08. The number of nitrogens with one attached hydrogen (secondary N) is 1. The lowest BCUT2D eigenvalue weighted by Gasteiger charge is -2.50. The highest BCUT2D eigenvalue weighted by molar-refractivity contribution is 5.73. The molecule has 0 radical (unpaired) electrons. The van der Waals surface area contributed by atoms with Gasteiger partial charge in [-0.3, -0.25) is 4.90 Å². The summed E-state index contributed by atoms with van der Waals surface area (Å²) >= 11 is 0. The highest BCUT2D eigenvalue weighted by Gasteiger charge is 2.52. The molecule has 2 saturated heterocycles. The first-order valence-corrected chi connectivity index (χ1v) is 10.2. The molecule has 12 heteroatoms. The van der Waals surface area contributed by atoms with Crippen molar-refractivity contribution in [3.05, 3.63) is 35.5 Å². The highest BCUT2D eigenvalue weighted by Crippen LogP contribution is 2.42. The van der Waals surface area contributed by atoms with E-state index in [2.05, 4.69) is 25.3 Å². The molecule has 2 aliphatic rings. The number of anilines is 1. The van der Waals surface area contributed by atoms with Crippen molar-refractivity contribution < 1.29 is 32.3 Å². The molecule has 176 valence electrons. The quantitative estimate of drug-likeness (QED) is 0.676. The molecule has 0 amide bonds. The maximum Gasteiger partial charge on any atom is 0.490 e. The first-order valence-electron chi connectivity index (χ1n) is 10.2. The van der Waals surface area contributed by atoms with Gasteiger partial charge in [-0.05, 0) is 38.2 Å². The predicted molar refractivity (Wildman–Crippen MR) is 107 cm³/mol. The zero-order chi connectivity index (χ0) is 23.4. The fourth-order valence-electron chi connectivity index (χ4n) is 3.93.